The zero-order valence-electron chi connectivity index (χ0n) is 10.0. The Morgan fingerprint density at radius 2 is 2.00 bits per heavy atom. The molecule has 1 atom stereocenters. The average Bonchev–Trinajstić information content (AvgIpc) is 2.65. The molecular formula is C11H11N3O5. The summed E-state index contributed by atoms with van der Waals surface area (Å²) >= 11 is 0. The van der Waals surface area contributed by atoms with Crippen LogP contribution in [0.1, 0.15) is 0 Å². The molecule has 19 heavy (non-hydrogen) atoms. The molecule has 1 fully saturated rings. The van der Waals surface area contributed by atoms with Crippen LogP contribution in [0.15, 0.2) is 24.3 Å². The predicted octanol–water partition coefficient (Wildman–Crippen LogP) is 0.666. The van der Waals surface area contributed by atoms with Gasteiger partial charge in [-0.25, -0.2) is 9.69 Å². The highest BCUT2D eigenvalue weighted by atomic mass is 16.6. The first-order valence-electron chi connectivity index (χ1n) is 5.42. The van der Waals surface area contributed by atoms with E-state index in [0.29, 0.717) is 0 Å². The summed E-state index contributed by atoms with van der Waals surface area (Å²) in [5, 5.41) is 13.0. The minimum atomic E-state index is -0.729. The van der Waals surface area contributed by atoms with E-state index in [-0.39, 0.29) is 18.0 Å². The van der Waals surface area contributed by atoms with Gasteiger partial charge in [0.25, 0.3) is 11.6 Å². The molecule has 0 aliphatic carbocycles. The Morgan fingerprint density at radius 3 is 2.53 bits per heavy atom. The van der Waals surface area contributed by atoms with Gasteiger partial charge in [-0.15, -0.1) is 0 Å². The van der Waals surface area contributed by atoms with Crippen LogP contribution in [-0.4, -0.2) is 36.6 Å². The maximum Gasteiger partial charge on any atom is 0.329 e. The van der Waals surface area contributed by atoms with Crippen LogP contribution in [0.5, 0.6) is 0 Å². The van der Waals surface area contributed by atoms with Crippen LogP contribution in [0.4, 0.5) is 16.2 Å². The first-order chi connectivity index (χ1) is 9.04. The molecule has 2 rings (SSSR count). The lowest BCUT2D eigenvalue weighted by Gasteiger charge is -2.12. The van der Waals surface area contributed by atoms with Crippen molar-refractivity contribution >= 4 is 23.3 Å². The van der Waals surface area contributed by atoms with E-state index in [1.165, 1.54) is 31.4 Å². The summed E-state index contributed by atoms with van der Waals surface area (Å²) in [7, 11) is 1.42. The lowest BCUT2D eigenvalue weighted by molar-refractivity contribution is -0.384. The van der Waals surface area contributed by atoms with Gasteiger partial charge >= 0.3 is 6.03 Å². The first kappa shape index (κ1) is 13.0. The predicted molar refractivity (Wildman–Crippen MR) is 64.8 cm³/mol. The summed E-state index contributed by atoms with van der Waals surface area (Å²) in [6.45, 7) is 0.0774. The minimum Gasteiger partial charge on any atom is -0.382 e. The van der Waals surface area contributed by atoms with Gasteiger partial charge < -0.3 is 10.1 Å². The maximum atomic E-state index is 12.0. The number of anilines is 1. The number of rotatable bonds is 4. The van der Waals surface area contributed by atoms with E-state index in [4.69, 9.17) is 4.74 Å². The quantitative estimate of drug-likeness (QED) is 0.489. The van der Waals surface area contributed by atoms with Gasteiger partial charge in [-0.3, -0.25) is 14.9 Å². The first-order valence-corrected chi connectivity index (χ1v) is 5.42. The monoisotopic (exact) mass is 265 g/mol. The van der Waals surface area contributed by atoms with Gasteiger partial charge in [0.05, 0.1) is 17.2 Å². The number of methoxy groups -OCH3 is 1. The molecule has 3 amide bonds. The summed E-state index contributed by atoms with van der Waals surface area (Å²) in [6, 6.07) is 3.88. The van der Waals surface area contributed by atoms with E-state index in [2.05, 4.69) is 5.32 Å². The molecule has 1 aromatic rings. The summed E-state index contributed by atoms with van der Waals surface area (Å²) in [4.78, 5) is 34.6. The van der Waals surface area contributed by atoms with Crippen LogP contribution in [0.3, 0.4) is 0 Å². The van der Waals surface area contributed by atoms with Crippen LogP contribution in [0.25, 0.3) is 0 Å². The highest BCUT2D eigenvalue weighted by molar-refractivity contribution is 6.21. The molecule has 1 aliphatic rings. The van der Waals surface area contributed by atoms with E-state index in [9.17, 15) is 19.7 Å². The number of carbonyl (C=O) groups is 2. The fourth-order valence-electron chi connectivity index (χ4n) is 1.78. The molecular weight excluding hydrogens is 254 g/mol. The van der Waals surface area contributed by atoms with Crippen molar-refractivity contribution in [2.75, 3.05) is 18.6 Å². The molecule has 1 N–H and O–H groups in total. The van der Waals surface area contributed by atoms with Crippen LogP contribution in [0.2, 0.25) is 0 Å². The highest BCUT2D eigenvalue weighted by Gasteiger charge is 2.38. The van der Waals surface area contributed by atoms with Crippen LogP contribution in [-0.2, 0) is 9.53 Å². The lowest BCUT2D eigenvalue weighted by atomic mass is 10.2. The number of hydrogen-bond donors (Lipinski definition) is 1. The van der Waals surface area contributed by atoms with Crippen molar-refractivity contribution < 1.29 is 19.2 Å². The van der Waals surface area contributed by atoms with Gasteiger partial charge in [0.2, 0.25) is 0 Å². The third-order valence-corrected chi connectivity index (χ3v) is 2.67. The molecule has 0 spiro atoms. The Morgan fingerprint density at radius 1 is 1.37 bits per heavy atom. The molecule has 8 heteroatoms. The second-order valence-corrected chi connectivity index (χ2v) is 3.90. The number of nitro benzene ring substituents is 1. The minimum absolute atomic E-state index is 0.0774. The van der Waals surface area contributed by atoms with Gasteiger partial charge in [0.15, 0.2) is 0 Å². The standard InChI is InChI=1S/C11H11N3O5/c1-19-6-9-10(15)13(11(16)12-9)7-2-4-8(5-3-7)14(17)18/h2-5,9H,6H2,1H3,(H,12,16). The molecule has 8 nitrogen and oxygen atoms in total. The molecule has 0 radical (unpaired) electrons. The molecule has 1 unspecified atom stereocenters. The van der Waals surface area contributed by atoms with Crippen molar-refractivity contribution in [2.45, 2.75) is 6.04 Å². The summed E-state index contributed by atoms with van der Waals surface area (Å²) < 4.78 is 4.83. The van der Waals surface area contributed by atoms with Gasteiger partial charge in [-0.05, 0) is 12.1 Å². The molecule has 0 saturated carbocycles. The Labute approximate surface area is 108 Å². The van der Waals surface area contributed by atoms with Crippen molar-refractivity contribution in [3.8, 4) is 0 Å². The number of hydrogen-bond acceptors (Lipinski definition) is 5. The summed E-state index contributed by atoms with van der Waals surface area (Å²) in [6.07, 6.45) is 0. The summed E-state index contributed by atoms with van der Waals surface area (Å²) in [5.41, 5.74) is 0.177. The fourth-order valence-corrected chi connectivity index (χ4v) is 1.78. The van der Waals surface area contributed by atoms with E-state index >= 15 is 0 Å². The maximum absolute atomic E-state index is 12.0. The molecule has 1 saturated heterocycles. The number of nitrogens with one attached hydrogen (secondary N) is 1. The average molecular weight is 265 g/mol. The number of ether oxygens (including phenoxy) is 1. The Hall–Kier alpha value is -2.48. The fraction of sp³-hybridized carbons (Fsp3) is 0.273. The van der Waals surface area contributed by atoms with Crippen LogP contribution < -0.4 is 10.2 Å². The smallest absolute Gasteiger partial charge is 0.329 e. The van der Waals surface area contributed by atoms with Crippen LogP contribution in [0, 0.1) is 10.1 Å². The third-order valence-electron chi connectivity index (χ3n) is 2.67. The van der Waals surface area contributed by atoms with Crippen LogP contribution >= 0.6 is 0 Å². The molecule has 0 bridgehead atoms. The highest BCUT2D eigenvalue weighted by Crippen LogP contribution is 2.22. The van der Waals surface area contributed by atoms with E-state index in [0.717, 1.165) is 4.90 Å². The topological polar surface area (TPSA) is 102 Å². The lowest BCUT2D eigenvalue weighted by Crippen LogP contribution is -2.34. The second kappa shape index (κ2) is 5.02. The van der Waals surface area contributed by atoms with Gasteiger partial charge in [0, 0.05) is 19.2 Å². The SMILES string of the molecule is COCC1NC(=O)N(c2ccc([N+](=O)[O-])cc2)C1=O. The number of nitro groups is 1. The van der Waals surface area contributed by atoms with E-state index < -0.39 is 22.9 Å². The largest absolute Gasteiger partial charge is 0.382 e. The zero-order valence-corrected chi connectivity index (χ0v) is 10.0. The van der Waals surface area contributed by atoms with Crippen molar-refractivity contribution in [2.24, 2.45) is 0 Å². The van der Waals surface area contributed by atoms with Gasteiger partial charge in [-0.1, -0.05) is 0 Å². The van der Waals surface area contributed by atoms with Crippen molar-refractivity contribution in [3.05, 3.63) is 34.4 Å². The number of imide groups is 1. The zero-order chi connectivity index (χ0) is 14.0. The second-order valence-electron chi connectivity index (χ2n) is 3.90. The number of nitrogens with zero attached hydrogens (tertiary/aromatic N) is 2. The van der Waals surface area contributed by atoms with Crippen molar-refractivity contribution in [1.29, 1.82) is 0 Å². The molecule has 1 aromatic carbocycles. The third kappa shape index (κ3) is 2.38. The normalized spacial score (nSPS) is 18.6. The Balaban J connectivity index is 2.24. The molecule has 0 aromatic heterocycles. The number of amides is 3. The van der Waals surface area contributed by atoms with Crippen molar-refractivity contribution in [3.63, 3.8) is 0 Å². The molecule has 1 heterocycles. The number of carbonyl (C=O) groups excluding carboxylic acids is 2. The van der Waals surface area contributed by atoms with Gasteiger partial charge in [-0.2, -0.15) is 0 Å². The number of non-ortho nitro benzene ring substituents is 1. The van der Waals surface area contributed by atoms with E-state index in [1.807, 2.05) is 0 Å². The Kier molecular flexibility index (Phi) is 3.43. The van der Waals surface area contributed by atoms with E-state index in [1.54, 1.807) is 0 Å². The van der Waals surface area contributed by atoms with Crippen molar-refractivity contribution in [1.82, 2.24) is 5.32 Å². The number of urea groups is 1. The summed E-state index contributed by atoms with van der Waals surface area (Å²) in [5.74, 6) is -0.444. The molecule has 1 aliphatic heterocycles. The number of benzene rings is 1. The Bertz CT molecular complexity index is 528. The molecule has 100 valence electrons. The van der Waals surface area contributed by atoms with Gasteiger partial charge in [0.1, 0.15) is 6.04 Å².